The average Bonchev–Trinajstić information content (AvgIpc) is 3.89. The van der Waals surface area contributed by atoms with Crippen LogP contribution in [0.15, 0.2) is 73.3 Å². The molecule has 6 aromatic rings. The van der Waals surface area contributed by atoms with Crippen molar-refractivity contribution >= 4 is 23.1 Å². The van der Waals surface area contributed by atoms with Gasteiger partial charge in [-0.15, -0.1) is 0 Å². The SMILES string of the molecule is O=C1c2c(cc(-c3cnc4cc(F)ccn34)cc2OC(F)F)CCN1CC(F)F.O=C1c2c(cc(-c3cnc4cc(OCCN5CCOCC5)ccn34)cc2OC(F)F)CCN1CC(F)F. The number of aromatic nitrogens is 4. The Labute approximate surface area is 369 Å². The second-order valence-corrected chi connectivity index (χ2v) is 15.3. The molecule has 7 heterocycles. The highest BCUT2D eigenvalue weighted by atomic mass is 19.3. The van der Waals surface area contributed by atoms with Gasteiger partial charge in [-0.2, -0.15) is 17.6 Å². The molecule has 0 aliphatic carbocycles. The number of carbonyl (C=O) groups is 2. The van der Waals surface area contributed by atoms with Gasteiger partial charge in [-0.05, 0) is 60.4 Å². The third-order valence-corrected chi connectivity index (χ3v) is 11.2. The highest BCUT2D eigenvalue weighted by Crippen LogP contribution is 2.37. The zero-order valence-electron chi connectivity index (χ0n) is 34.7. The number of carbonyl (C=O) groups excluding carboxylic acids is 2. The van der Waals surface area contributed by atoms with Gasteiger partial charge < -0.3 is 28.7 Å². The molecular formula is C44H40F9N7O6. The van der Waals surface area contributed by atoms with Gasteiger partial charge in [0.25, 0.3) is 24.7 Å². The third-order valence-electron chi connectivity index (χ3n) is 11.2. The number of morpholine rings is 1. The number of halogens is 9. The second-order valence-electron chi connectivity index (χ2n) is 15.3. The predicted molar refractivity (Wildman–Crippen MR) is 218 cm³/mol. The van der Waals surface area contributed by atoms with Gasteiger partial charge in [-0.3, -0.25) is 23.3 Å². The summed E-state index contributed by atoms with van der Waals surface area (Å²) in [7, 11) is 0. The summed E-state index contributed by atoms with van der Waals surface area (Å²) in [5, 5.41) is 0. The summed E-state index contributed by atoms with van der Waals surface area (Å²) >= 11 is 0. The first-order valence-electron chi connectivity index (χ1n) is 20.6. The summed E-state index contributed by atoms with van der Waals surface area (Å²) in [5.41, 5.74) is 3.52. The van der Waals surface area contributed by atoms with E-state index in [9.17, 15) is 49.1 Å². The maximum Gasteiger partial charge on any atom is 0.387 e. The molecule has 0 atom stereocenters. The van der Waals surface area contributed by atoms with Gasteiger partial charge in [0.05, 0.1) is 61.2 Å². The Kier molecular flexibility index (Phi) is 13.9. The molecule has 4 aromatic heterocycles. The van der Waals surface area contributed by atoms with Crippen molar-refractivity contribution in [2.75, 3.05) is 65.6 Å². The van der Waals surface area contributed by atoms with E-state index in [4.69, 9.17) is 9.47 Å². The highest BCUT2D eigenvalue weighted by molar-refractivity contribution is 6.01. The topological polar surface area (TPSA) is 115 Å². The highest BCUT2D eigenvalue weighted by Gasteiger charge is 2.33. The minimum atomic E-state index is -3.20. The van der Waals surface area contributed by atoms with Gasteiger partial charge >= 0.3 is 13.2 Å². The molecule has 22 heteroatoms. The first-order chi connectivity index (χ1) is 31.7. The largest absolute Gasteiger partial charge is 0.492 e. The quantitative estimate of drug-likeness (QED) is 0.102. The molecule has 0 N–H and O–H groups in total. The number of benzene rings is 2. The fourth-order valence-electron chi connectivity index (χ4n) is 8.16. The molecular weight excluding hydrogens is 894 g/mol. The monoisotopic (exact) mass is 933 g/mol. The Morgan fingerprint density at radius 2 is 1.14 bits per heavy atom. The maximum absolute atomic E-state index is 13.4. The van der Waals surface area contributed by atoms with Gasteiger partial charge in [-0.1, -0.05) is 0 Å². The smallest absolute Gasteiger partial charge is 0.387 e. The molecule has 350 valence electrons. The standard InChI is InChI=1S/C25H26F4N4O4.C19H14F5N3O2/c26-21(27)15-32-3-1-16-11-17(12-20(37-25(28)29)23(16)24(32)34)19-14-30-22-13-18(2-4-33(19)22)36-10-7-31-5-8-35-9-6-31;20-12-2-4-27-13(8-25-16(27)7-12)11-5-10-1-3-26(9-15(21)22)18(28)17(10)14(6-11)29-19(23)24/h2,4,11-14,21,25H,1,3,5-10,15H2;2,4-8,15,19H,1,3,9H2. The van der Waals surface area contributed by atoms with E-state index < -0.39 is 62.5 Å². The molecule has 2 amide bonds. The van der Waals surface area contributed by atoms with Crippen LogP contribution in [-0.4, -0.2) is 137 Å². The molecule has 0 radical (unpaired) electrons. The van der Waals surface area contributed by atoms with Gasteiger partial charge in [0.2, 0.25) is 0 Å². The molecule has 3 aliphatic rings. The molecule has 66 heavy (non-hydrogen) atoms. The van der Waals surface area contributed by atoms with E-state index in [1.807, 2.05) is 0 Å². The van der Waals surface area contributed by atoms with E-state index in [-0.39, 0.29) is 42.8 Å². The molecule has 13 nitrogen and oxygen atoms in total. The summed E-state index contributed by atoms with van der Waals surface area (Å²) in [4.78, 5) is 38.1. The number of amides is 2. The lowest BCUT2D eigenvalue weighted by atomic mass is 9.94. The van der Waals surface area contributed by atoms with Crippen LogP contribution in [0.1, 0.15) is 31.8 Å². The summed E-state index contributed by atoms with van der Waals surface area (Å²) in [6.45, 7) is -3.36. The number of rotatable bonds is 14. The Morgan fingerprint density at radius 3 is 1.64 bits per heavy atom. The Hall–Kier alpha value is -6.55. The van der Waals surface area contributed by atoms with Crippen LogP contribution in [0.3, 0.4) is 0 Å². The van der Waals surface area contributed by atoms with Crippen molar-refractivity contribution in [3.8, 4) is 39.8 Å². The Bertz CT molecular complexity index is 2710. The van der Waals surface area contributed by atoms with Crippen LogP contribution in [0.4, 0.5) is 39.5 Å². The summed E-state index contributed by atoms with van der Waals surface area (Å²) in [6, 6.07) is 11.9. The van der Waals surface area contributed by atoms with Gasteiger partial charge in [-0.25, -0.2) is 31.9 Å². The van der Waals surface area contributed by atoms with E-state index in [2.05, 4.69) is 24.3 Å². The number of hydrogen-bond donors (Lipinski definition) is 0. The predicted octanol–water partition coefficient (Wildman–Crippen LogP) is 7.58. The number of alkyl halides is 8. The van der Waals surface area contributed by atoms with Crippen molar-refractivity contribution < 1.29 is 68.1 Å². The van der Waals surface area contributed by atoms with Crippen LogP contribution < -0.4 is 14.2 Å². The van der Waals surface area contributed by atoms with Gasteiger partial charge in [0, 0.05) is 68.4 Å². The van der Waals surface area contributed by atoms with E-state index in [0.29, 0.717) is 57.3 Å². The van der Waals surface area contributed by atoms with E-state index in [1.165, 1.54) is 36.7 Å². The van der Waals surface area contributed by atoms with Gasteiger partial charge in [0.1, 0.15) is 41.0 Å². The molecule has 1 saturated heterocycles. The zero-order valence-corrected chi connectivity index (χ0v) is 34.7. The average molecular weight is 934 g/mol. The van der Waals surface area contributed by atoms with E-state index >= 15 is 0 Å². The van der Waals surface area contributed by atoms with Crippen LogP contribution >= 0.6 is 0 Å². The molecule has 0 spiro atoms. The lowest BCUT2D eigenvalue weighted by molar-refractivity contribution is -0.0512. The summed E-state index contributed by atoms with van der Waals surface area (Å²) < 4.78 is 141. The zero-order chi connectivity index (χ0) is 46.6. The van der Waals surface area contributed by atoms with E-state index in [1.54, 1.807) is 45.5 Å². The lowest BCUT2D eigenvalue weighted by Crippen LogP contribution is -2.40. The first kappa shape index (κ1) is 46.0. The lowest BCUT2D eigenvalue weighted by Gasteiger charge is -2.30. The number of fused-ring (bicyclic) bond motifs is 4. The number of ether oxygens (including phenoxy) is 4. The number of hydrogen-bond acceptors (Lipinski definition) is 9. The molecule has 0 unspecified atom stereocenters. The molecule has 0 saturated carbocycles. The minimum absolute atomic E-state index is 0.0338. The van der Waals surface area contributed by atoms with Gasteiger partial charge in [0.15, 0.2) is 0 Å². The molecule has 3 aliphatic heterocycles. The Balaban J connectivity index is 0.000000185. The number of nitrogens with zero attached hydrogens (tertiary/aromatic N) is 7. The maximum atomic E-state index is 13.4. The van der Waals surface area contributed by atoms with Crippen LogP contribution in [0, 0.1) is 5.82 Å². The molecule has 1 fully saturated rings. The fourth-order valence-corrected chi connectivity index (χ4v) is 8.16. The second kappa shape index (κ2) is 19.9. The summed E-state index contributed by atoms with van der Waals surface area (Å²) in [6.07, 6.45) is 1.21. The van der Waals surface area contributed by atoms with Crippen LogP contribution in [0.25, 0.3) is 33.8 Å². The minimum Gasteiger partial charge on any atom is -0.492 e. The van der Waals surface area contributed by atoms with Crippen molar-refractivity contribution in [2.45, 2.75) is 38.9 Å². The van der Waals surface area contributed by atoms with Crippen molar-refractivity contribution in [3.05, 3.63) is 101 Å². The van der Waals surface area contributed by atoms with Crippen molar-refractivity contribution in [1.82, 2.24) is 33.5 Å². The van der Waals surface area contributed by atoms with Crippen LogP contribution in [0.2, 0.25) is 0 Å². The van der Waals surface area contributed by atoms with Crippen molar-refractivity contribution in [2.24, 2.45) is 0 Å². The summed E-state index contributed by atoms with van der Waals surface area (Å²) in [5.74, 6) is -2.10. The van der Waals surface area contributed by atoms with Crippen molar-refractivity contribution in [3.63, 3.8) is 0 Å². The molecule has 0 bridgehead atoms. The van der Waals surface area contributed by atoms with Crippen LogP contribution in [-0.2, 0) is 17.6 Å². The fraction of sp³-hybridized carbons (Fsp3) is 0.364. The normalized spacial score (nSPS) is 15.5. The third kappa shape index (κ3) is 10.3. The van der Waals surface area contributed by atoms with Crippen molar-refractivity contribution in [1.29, 1.82) is 0 Å². The molecule has 2 aromatic carbocycles. The first-order valence-corrected chi connectivity index (χ1v) is 20.6. The van der Waals surface area contributed by atoms with Crippen LogP contribution in [0.5, 0.6) is 17.2 Å². The molecule has 9 rings (SSSR count). The van der Waals surface area contributed by atoms with E-state index in [0.717, 1.165) is 42.6 Å². The Morgan fingerprint density at radius 1 is 0.636 bits per heavy atom. The number of pyridine rings is 2. The number of imidazole rings is 2.